The third-order valence-electron chi connectivity index (χ3n) is 9.33. The molecule has 2 aliphatic heterocycles. The van der Waals surface area contributed by atoms with Crippen LogP contribution in [0.4, 0.5) is 0 Å². The summed E-state index contributed by atoms with van der Waals surface area (Å²) in [5, 5.41) is 20.9. The summed E-state index contributed by atoms with van der Waals surface area (Å²) in [6, 6.07) is 3.97. The average Bonchev–Trinajstić information content (AvgIpc) is 3.15. The maximum atomic E-state index is 13.8. The van der Waals surface area contributed by atoms with E-state index in [2.05, 4.69) is 13.0 Å². The zero-order valence-corrected chi connectivity index (χ0v) is 23.7. The van der Waals surface area contributed by atoms with Gasteiger partial charge in [0.15, 0.2) is 0 Å². The van der Waals surface area contributed by atoms with E-state index in [4.69, 9.17) is 9.39 Å². The molecule has 7 nitrogen and oxygen atoms in total. The van der Waals surface area contributed by atoms with E-state index in [1.165, 1.54) is 0 Å². The molecule has 3 fully saturated rings. The monoisotopic (exact) mass is 535 g/mol. The Morgan fingerprint density at radius 3 is 2.49 bits per heavy atom. The van der Waals surface area contributed by atoms with Crippen LogP contribution in [-0.2, 0) is 19.0 Å². The van der Waals surface area contributed by atoms with Gasteiger partial charge in [-0.3, -0.25) is 14.5 Å². The summed E-state index contributed by atoms with van der Waals surface area (Å²) in [7, 11) is 0.691. The molecule has 2 heterocycles. The topological polar surface area (TPSA) is 96.3 Å². The predicted octanol–water partition coefficient (Wildman–Crippen LogP) is 4.97. The van der Waals surface area contributed by atoms with E-state index in [0.29, 0.717) is 31.5 Å². The number of nitrogens with zero attached hydrogens (tertiary/aromatic N) is 1. The van der Waals surface area contributed by atoms with Crippen LogP contribution in [0.15, 0.2) is 28.9 Å². The number of aryl methyl sites for hydroxylation is 2. The van der Waals surface area contributed by atoms with Crippen LogP contribution in [0.3, 0.4) is 0 Å². The van der Waals surface area contributed by atoms with Crippen molar-refractivity contribution in [3.63, 3.8) is 0 Å². The maximum absolute atomic E-state index is 13.8. The van der Waals surface area contributed by atoms with E-state index < -0.39 is 13.0 Å². The zero-order valence-electron chi connectivity index (χ0n) is 23.7. The highest BCUT2D eigenvalue weighted by atomic mass is 16.5. The van der Waals surface area contributed by atoms with Gasteiger partial charge in [0.2, 0.25) is 11.8 Å². The highest BCUT2D eigenvalue weighted by Gasteiger charge is 2.58. The lowest BCUT2D eigenvalue weighted by Gasteiger charge is -2.43. The van der Waals surface area contributed by atoms with Crippen molar-refractivity contribution >= 4 is 25.0 Å². The number of imide groups is 1. The largest absolute Gasteiger partial charge is 0.507 e. The minimum absolute atomic E-state index is 0.0131. The van der Waals surface area contributed by atoms with Crippen molar-refractivity contribution in [3.8, 4) is 5.75 Å². The highest BCUT2D eigenvalue weighted by Crippen LogP contribution is 2.51. The van der Waals surface area contributed by atoms with Gasteiger partial charge in [-0.25, -0.2) is 0 Å². The van der Waals surface area contributed by atoms with Gasteiger partial charge in [0, 0.05) is 13.2 Å². The smallest absolute Gasteiger partial charge is 0.455 e. The van der Waals surface area contributed by atoms with E-state index >= 15 is 0 Å². The molecule has 1 saturated carbocycles. The van der Waals surface area contributed by atoms with E-state index in [0.717, 1.165) is 71.9 Å². The van der Waals surface area contributed by atoms with Crippen LogP contribution in [0.2, 0.25) is 6.32 Å². The number of hydrogen-bond donors (Lipinski definition) is 2. The number of fused-ring (bicyclic) bond motifs is 3. The van der Waals surface area contributed by atoms with Crippen molar-refractivity contribution in [3.05, 3.63) is 45.5 Å². The number of phenols is 1. The van der Waals surface area contributed by atoms with Gasteiger partial charge in [0.05, 0.1) is 24.5 Å². The second-order valence-corrected chi connectivity index (χ2v) is 12.1. The maximum Gasteiger partial charge on any atom is 0.455 e. The quantitative estimate of drug-likeness (QED) is 0.291. The van der Waals surface area contributed by atoms with Gasteiger partial charge in [-0.05, 0) is 105 Å². The number of phenolic OH excluding ortho intramolecular Hbond substituents is 1. The van der Waals surface area contributed by atoms with Gasteiger partial charge >= 0.3 is 7.12 Å². The Kier molecular flexibility index (Phi) is 8.36. The molecule has 1 aromatic rings. The van der Waals surface area contributed by atoms with E-state index in [9.17, 15) is 19.7 Å². The third-order valence-corrected chi connectivity index (χ3v) is 9.33. The fraction of sp³-hybridized carbons (Fsp3) is 0.613. The SMILES string of the molecule is COCC1=C2[C@@H](CC/C(C)=C/c3cc(C)c(O)c(C)c3)OB(O)C[C@@H]2[C@@H]2C(=O)N(C3CCCCC3)C(=O)[C@@H]2C1. The molecule has 4 aliphatic rings. The summed E-state index contributed by atoms with van der Waals surface area (Å²) in [5.74, 6) is -0.740. The Morgan fingerprint density at radius 1 is 1.13 bits per heavy atom. The van der Waals surface area contributed by atoms with Crippen LogP contribution in [0.25, 0.3) is 6.08 Å². The number of aromatic hydroxyl groups is 1. The van der Waals surface area contributed by atoms with Gasteiger partial charge in [-0.15, -0.1) is 0 Å². The molecule has 2 N–H and O–H groups in total. The van der Waals surface area contributed by atoms with Crippen molar-refractivity contribution in [2.75, 3.05) is 13.7 Å². The number of benzene rings is 1. The lowest BCUT2D eigenvalue weighted by Crippen LogP contribution is -2.47. The lowest BCUT2D eigenvalue weighted by atomic mass is 9.58. The summed E-state index contributed by atoms with van der Waals surface area (Å²) >= 11 is 0. The first kappa shape index (κ1) is 28.1. The highest BCUT2D eigenvalue weighted by molar-refractivity contribution is 6.43. The molecule has 0 spiro atoms. The third kappa shape index (κ3) is 5.48. The first-order chi connectivity index (χ1) is 18.7. The van der Waals surface area contributed by atoms with E-state index in [1.54, 1.807) is 12.0 Å². The lowest BCUT2D eigenvalue weighted by molar-refractivity contribution is -0.143. The number of carbonyl (C=O) groups excluding carboxylic acids is 2. The molecule has 5 rings (SSSR count). The minimum Gasteiger partial charge on any atom is -0.507 e. The molecule has 0 aromatic heterocycles. The van der Waals surface area contributed by atoms with Crippen LogP contribution in [-0.4, -0.2) is 59.8 Å². The molecule has 39 heavy (non-hydrogen) atoms. The van der Waals surface area contributed by atoms with Gasteiger partial charge in [-0.2, -0.15) is 0 Å². The fourth-order valence-corrected chi connectivity index (χ4v) is 7.58. The number of hydrogen-bond acceptors (Lipinski definition) is 6. The normalized spacial score (nSPS) is 28.3. The Bertz CT molecular complexity index is 1160. The summed E-state index contributed by atoms with van der Waals surface area (Å²) < 4.78 is 11.7. The number of amides is 2. The van der Waals surface area contributed by atoms with Crippen LogP contribution in [0, 0.1) is 31.6 Å². The number of allylic oxidation sites excluding steroid dienone is 1. The van der Waals surface area contributed by atoms with Crippen molar-refractivity contribution in [2.24, 2.45) is 17.8 Å². The van der Waals surface area contributed by atoms with E-state index in [1.807, 2.05) is 26.0 Å². The van der Waals surface area contributed by atoms with E-state index in [-0.39, 0.29) is 35.8 Å². The first-order valence-corrected chi connectivity index (χ1v) is 14.6. The first-order valence-electron chi connectivity index (χ1n) is 14.6. The van der Waals surface area contributed by atoms with Gasteiger partial charge in [0.25, 0.3) is 0 Å². The number of ether oxygens (including phenoxy) is 1. The molecule has 8 heteroatoms. The summed E-state index contributed by atoms with van der Waals surface area (Å²) in [4.78, 5) is 29.1. The number of methoxy groups -OCH3 is 1. The second-order valence-electron chi connectivity index (χ2n) is 12.1. The molecular formula is C31H42BNO6. The molecule has 0 radical (unpaired) electrons. The summed E-state index contributed by atoms with van der Waals surface area (Å²) in [6.07, 6.45) is 9.14. The Balaban J connectivity index is 1.39. The molecule has 2 saturated heterocycles. The molecule has 0 bridgehead atoms. The standard InChI is InChI=1S/C31H42BNO6/c1-18(12-21-13-19(2)29(34)20(3)14-21)10-11-26-27-22(17-38-4)15-24-28(25(27)16-32(37)39-26)31(36)33(30(24)35)23-8-6-5-7-9-23/h12-14,23-26,28,34,37H,5-11,15-17H2,1-4H3/b18-12+/t24-,25+,26-,28-/m1/s1. The Morgan fingerprint density at radius 2 is 1.82 bits per heavy atom. The molecular weight excluding hydrogens is 493 g/mol. The zero-order chi connectivity index (χ0) is 27.8. The summed E-state index contributed by atoms with van der Waals surface area (Å²) in [6.45, 7) is 6.28. The van der Waals surface area contributed by atoms with Gasteiger partial charge < -0.3 is 19.5 Å². The van der Waals surface area contributed by atoms with Crippen LogP contribution in [0.5, 0.6) is 5.75 Å². The molecule has 1 aromatic carbocycles. The van der Waals surface area contributed by atoms with Crippen molar-refractivity contribution in [1.29, 1.82) is 0 Å². The number of carbonyl (C=O) groups is 2. The number of rotatable bonds is 7. The molecule has 210 valence electrons. The van der Waals surface area contributed by atoms with Crippen LogP contribution in [0.1, 0.15) is 75.0 Å². The fourth-order valence-electron chi connectivity index (χ4n) is 7.58. The molecule has 2 amide bonds. The van der Waals surface area contributed by atoms with Crippen molar-refractivity contribution < 1.29 is 29.1 Å². The van der Waals surface area contributed by atoms with Crippen molar-refractivity contribution in [2.45, 2.75) is 90.6 Å². The second kappa shape index (κ2) is 11.6. The molecule has 2 aliphatic carbocycles. The average molecular weight is 535 g/mol. The minimum atomic E-state index is -0.968. The summed E-state index contributed by atoms with van der Waals surface area (Å²) in [5.41, 5.74) is 6.02. The van der Waals surface area contributed by atoms with Crippen LogP contribution >= 0.6 is 0 Å². The Hall–Kier alpha value is -2.42. The predicted molar refractivity (Wildman–Crippen MR) is 151 cm³/mol. The van der Waals surface area contributed by atoms with Crippen LogP contribution < -0.4 is 0 Å². The number of likely N-dealkylation sites (tertiary alicyclic amines) is 1. The van der Waals surface area contributed by atoms with Gasteiger partial charge in [-0.1, -0.05) is 30.9 Å². The molecule has 4 atom stereocenters. The van der Waals surface area contributed by atoms with Crippen molar-refractivity contribution in [1.82, 2.24) is 4.90 Å². The molecule has 0 unspecified atom stereocenters. The Labute approximate surface area is 232 Å². The van der Waals surface area contributed by atoms with Gasteiger partial charge in [0.1, 0.15) is 5.75 Å².